The molecule has 1 fully saturated rings. The molecule has 1 aliphatic carbocycles. The molecule has 1 aromatic heterocycles. The Kier molecular flexibility index (Phi) is 4.36. The summed E-state index contributed by atoms with van der Waals surface area (Å²) in [6.45, 7) is 2.52. The molecule has 136 valence electrons. The zero-order valence-corrected chi connectivity index (χ0v) is 14.8. The SMILES string of the molecule is COc1ccc(C(=O)N2CCN(c3nc4c(c(=O)[nH]3)CCC4)CC2)cc1. The number of aromatic amines is 1. The number of H-pyrrole nitrogens is 1. The van der Waals surface area contributed by atoms with Crippen LogP contribution in [0.5, 0.6) is 5.75 Å². The van der Waals surface area contributed by atoms with Crippen LogP contribution >= 0.6 is 0 Å². The third-order valence-corrected chi connectivity index (χ3v) is 5.13. The molecule has 0 bridgehead atoms. The van der Waals surface area contributed by atoms with Gasteiger partial charge in [-0.1, -0.05) is 0 Å². The molecule has 1 aliphatic heterocycles. The minimum atomic E-state index is -0.0146. The number of ether oxygens (including phenoxy) is 1. The number of nitrogens with one attached hydrogen (secondary N) is 1. The maximum atomic E-state index is 12.6. The molecule has 1 amide bonds. The minimum Gasteiger partial charge on any atom is -0.497 e. The number of nitrogens with zero attached hydrogens (tertiary/aromatic N) is 3. The highest BCUT2D eigenvalue weighted by Gasteiger charge is 2.25. The minimum absolute atomic E-state index is 0.0146. The van der Waals surface area contributed by atoms with Gasteiger partial charge in [0.2, 0.25) is 5.95 Å². The van der Waals surface area contributed by atoms with Crippen molar-refractivity contribution >= 4 is 11.9 Å². The summed E-state index contributed by atoms with van der Waals surface area (Å²) in [5.41, 5.74) is 2.41. The van der Waals surface area contributed by atoms with Crippen molar-refractivity contribution in [3.8, 4) is 5.75 Å². The number of hydrogen-bond acceptors (Lipinski definition) is 5. The van der Waals surface area contributed by atoms with Crippen molar-refractivity contribution in [1.29, 1.82) is 0 Å². The Bertz CT molecular complexity index is 867. The molecule has 1 N–H and O–H groups in total. The van der Waals surface area contributed by atoms with E-state index in [9.17, 15) is 9.59 Å². The van der Waals surface area contributed by atoms with Crippen LogP contribution in [0, 0.1) is 0 Å². The summed E-state index contributed by atoms with van der Waals surface area (Å²) < 4.78 is 5.13. The lowest BCUT2D eigenvalue weighted by Crippen LogP contribution is -2.49. The second-order valence-electron chi connectivity index (χ2n) is 6.68. The number of carbonyl (C=O) groups is 1. The molecule has 26 heavy (non-hydrogen) atoms. The van der Waals surface area contributed by atoms with Gasteiger partial charge in [-0.2, -0.15) is 0 Å². The first kappa shape index (κ1) is 16.6. The van der Waals surface area contributed by atoms with Crippen molar-refractivity contribution in [2.24, 2.45) is 0 Å². The second-order valence-corrected chi connectivity index (χ2v) is 6.68. The number of aromatic nitrogens is 2. The zero-order valence-electron chi connectivity index (χ0n) is 14.8. The van der Waals surface area contributed by atoms with E-state index in [1.54, 1.807) is 31.4 Å². The Morgan fingerprint density at radius 3 is 2.54 bits per heavy atom. The number of aryl methyl sites for hydroxylation is 1. The average Bonchev–Trinajstić information content (AvgIpc) is 3.17. The van der Waals surface area contributed by atoms with Crippen molar-refractivity contribution in [3.63, 3.8) is 0 Å². The molecule has 4 rings (SSSR count). The summed E-state index contributed by atoms with van der Waals surface area (Å²) in [5, 5.41) is 0. The van der Waals surface area contributed by atoms with Crippen LogP contribution in [0.3, 0.4) is 0 Å². The number of hydrogen-bond donors (Lipinski definition) is 1. The maximum absolute atomic E-state index is 12.6. The molecule has 0 unspecified atom stereocenters. The monoisotopic (exact) mass is 354 g/mol. The third-order valence-electron chi connectivity index (χ3n) is 5.13. The van der Waals surface area contributed by atoms with Crippen LogP contribution in [0.4, 0.5) is 5.95 Å². The quantitative estimate of drug-likeness (QED) is 0.897. The van der Waals surface area contributed by atoms with Crippen LogP contribution in [0.1, 0.15) is 28.0 Å². The number of methoxy groups -OCH3 is 1. The van der Waals surface area contributed by atoms with Gasteiger partial charge in [-0.25, -0.2) is 4.98 Å². The topological polar surface area (TPSA) is 78.5 Å². The van der Waals surface area contributed by atoms with Gasteiger partial charge in [0.05, 0.1) is 12.8 Å². The van der Waals surface area contributed by atoms with E-state index >= 15 is 0 Å². The first-order valence-corrected chi connectivity index (χ1v) is 8.96. The molecular weight excluding hydrogens is 332 g/mol. The summed E-state index contributed by atoms with van der Waals surface area (Å²) in [7, 11) is 1.60. The summed E-state index contributed by atoms with van der Waals surface area (Å²) in [4.78, 5) is 36.3. The van der Waals surface area contributed by atoms with Gasteiger partial charge in [0.1, 0.15) is 5.75 Å². The van der Waals surface area contributed by atoms with Gasteiger partial charge in [-0.05, 0) is 43.5 Å². The van der Waals surface area contributed by atoms with Crippen molar-refractivity contribution in [2.75, 3.05) is 38.2 Å². The van der Waals surface area contributed by atoms with Crippen LogP contribution in [0.15, 0.2) is 29.1 Å². The molecule has 0 spiro atoms. The molecule has 1 aromatic carbocycles. The molecule has 1 saturated heterocycles. The van der Waals surface area contributed by atoms with Gasteiger partial charge in [0.15, 0.2) is 0 Å². The lowest BCUT2D eigenvalue weighted by Gasteiger charge is -2.35. The van der Waals surface area contributed by atoms with Crippen molar-refractivity contribution in [2.45, 2.75) is 19.3 Å². The molecule has 2 aliphatic rings. The molecule has 2 aromatic rings. The van der Waals surface area contributed by atoms with Crippen LogP contribution in [0.25, 0.3) is 0 Å². The largest absolute Gasteiger partial charge is 0.497 e. The van der Waals surface area contributed by atoms with Gasteiger partial charge in [-0.3, -0.25) is 14.6 Å². The van der Waals surface area contributed by atoms with Crippen LogP contribution in [-0.2, 0) is 12.8 Å². The van der Waals surface area contributed by atoms with E-state index in [1.165, 1.54) is 0 Å². The Hall–Kier alpha value is -2.83. The van der Waals surface area contributed by atoms with Crippen LogP contribution in [-0.4, -0.2) is 54.1 Å². The van der Waals surface area contributed by atoms with Gasteiger partial charge in [0, 0.05) is 37.3 Å². The van der Waals surface area contributed by atoms with Crippen molar-refractivity contribution < 1.29 is 9.53 Å². The first-order valence-electron chi connectivity index (χ1n) is 8.96. The fourth-order valence-corrected chi connectivity index (χ4v) is 3.62. The molecule has 2 heterocycles. The zero-order chi connectivity index (χ0) is 18.1. The highest BCUT2D eigenvalue weighted by atomic mass is 16.5. The fraction of sp³-hybridized carbons (Fsp3) is 0.421. The Balaban J connectivity index is 1.43. The summed E-state index contributed by atoms with van der Waals surface area (Å²) in [6, 6.07) is 7.16. The fourth-order valence-electron chi connectivity index (χ4n) is 3.62. The normalized spacial score (nSPS) is 16.5. The van der Waals surface area contributed by atoms with Crippen molar-refractivity contribution in [3.05, 3.63) is 51.4 Å². The Labute approximate surface area is 151 Å². The van der Waals surface area contributed by atoms with Crippen molar-refractivity contribution in [1.82, 2.24) is 14.9 Å². The highest BCUT2D eigenvalue weighted by molar-refractivity contribution is 5.94. The lowest BCUT2D eigenvalue weighted by molar-refractivity contribution is 0.0746. The predicted octanol–water partition coefficient (Wildman–Crippen LogP) is 1.23. The standard InChI is InChI=1S/C19H22N4O3/c1-26-14-7-5-13(6-8-14)18(25)22-9-11-23(12-10-22)19-20-16-4-2-3-15(16)17(24)21-19/h5-8H,2-4,9-12H2,1H3,(H,20,21,24). The number of carbonyl (C=O) groups excluding carboxylic acids is 1. The Morgan fingerprint density at radius 2 is 1.85 bits per heavy atom. The van der Waals surface area contributed by atoms with E-state index < -0.39 is 0 Å². The number of piperazine rings is 1. The summed E-state index contributed by atoms with van der Waals surface area (Å²) in [6.07, 6.45) is 2.70. The molecule has 0 radical (unpaired) electrons. The van der Waals surface area contributed by atoms with E-state index in [0.717, 1.165) is 36.3 Å². The smallest absolute Gasteiger partial charge is 0.255 e. The summed E-state index contributed by atoms with van der Waals surface area (Å²) in [5.74, 6) is 1.38. The average molecular weight is 354 g/mol. The molecule has 0 atom stereocenters. The van der Waals surface area contributed by atoms with E-state index in [2.05, 4.69) is 14.9 Å². The number of amides is 1. The van der Waals surface area contributed by atoms with Gasteiger partial charge >= 0.3 is 0 Å². The molecule has 7 heteroatoms. The van der Waals surface area contributed by atoms with Gasteiger partial charge in [-0.15, -0.1) is 0 Å². The molecule has 0 saturated carbocycles. The van der Waals surface area contributed by atoms with Gasteiger partial charge < -0.3 is 14.5 Å². The lowest BCUT2D eigenvalue weighted by atomic mass is 10.1. The highest BCUT2D eigenvalue weighted by Crippen LogP contribution is 2.20. The second kappa shape index (κ2) is 6.82. The number of rotatable bonds is 3. The van der Waals surface area contributed by atoms with Crippen LogP contribution in [0.2, 0.25) is 0 Å². The molecular formula is C19H22N4O3. The number of fused-ring (bicyclic) bond motifs is 1. The number of benzene rings is 1. The maximum Gasteiger partial charge on any atom is 0.255 e. The van der Waals surface area contributed by atoms with E-state index in [-0.39, 0.29) is 11.5 Å². The Morgan fingerprint density at radius 1 is 1.12 bits per heavy atom. The summed E-state index contributed by atoms with van der Waals surface area (Å²) >= 11 is 0. The van der Waals surface area contributed by atoms with E-state index in [4.69, 9.17) is 4.74 Å². The predicted molar refractivity (Wildman–Crippen MR) is 98.0 cm³/mol. The molecule has 7 nitrogen and oxygen atoms in total. The van der Waals surface area contributed by atoms with Crippen LogP contribution < -0.4 is 15.2 Å². The first-order chi connectivity index (χ1) is 12.7. The van der Waals surface area contributed by atoms with E-state index in [1.807, 2.05) is 4.90 Å². The third kappa shape index (κ3) is 3.05. The van der Waals surface area contributed by atoms with E-state index in [0.29, 0.717) is 37.7 Å². The number of anilines is 1. The van der Waals surface area contributed by atoms with Gasteiger partial charge in [0.25, 0.3) is 11.5 Å².